The van der Waals surface area contributed by atoms with E-state index in [1.807, 2.05) is 17.9 Å². The Labute approximate surface area is 226 Å². The second kappa shape index (κ2) is 11.3. The second-order valence-corrected chi connectivity index (χ2v) is 12.7. The van der Waals surface area contributed by atoms with Crippen molar-refractivity contribution in [1.82, 2.24) is 19.4 Å². The van der Waals surface area contributed by atoms with Crippen molar-refractivity contribution in [2.45, 2.75) is 62.1 Å². The van der Waals surface area contributed by atoms with Crippen molar-refractivity contribution in [3.63, 3.8) is 0 Å². The van der Waals surface area contributed by atoms with E-state index in [4.69, 9.17) is 9.47 Å². The van der Waals surface area contributed by atoms with Gasteiger partial charge in [-0.05, 0) is 68.1 Å². The van der Waals surface area contributed by atoms with E-state index in [-0.39, 0.29) is 37.3 Å². The zero-order valence-corrected chi connectivity index (χ0v) is 22.7. The van der Waals surface area contributed by atoms with Gasteiger partial charge >= 0.3 is 15.5 Å². The number of halogens is 3. The van der Waals surface area contributed by atoms with Crippen LogP contribution in [0.1, 0.15) is 50.0 Å². The number of likely N-dealkylation sites (tertiary alicyclic amines) is 1. The van der Waals surface area contributed by atoms with Gasteiger partial charge in [0.05, 0.1) is 36.4 Å². The standard InChI is InChI=1S/C26H35F3N4O5S/c1-32-23-7-6-19(12-21(23)13-30-32)18-4-2-17(3-5-18)15-38-24-14-33(25(34)20-9-11-37-16-20)10-8-22(24)31-39(35,36)26(27,28)29/h6-7,12-13,17-18,20,22,24,31H,2-5,8-11,14-16H2,1H3/t17?,18?,20?,22-,24?/m0/s1. The number of fused-ring (bicyclic) bond motifs is 1. The van der Waals surface area contributed by atoms with E-state index in [1.54, 1.807) is 9.62 Å². The fourth-order valence-electron chi connectivity index (χ4n) is 6.03. The number of benzene rings is 1. The SMILES string of the molecule is Cn1ncc2cc(C3CCC(COC4CN(C(=O)C5CCOC5)CC[C@@H]4NS(=O)(=O)C(F)(F)F)CC3)ccc21. The molecule has 3 atom stereocenters. The molecule has 5 rings (SSSR count). The molecule has 2 unspecified atom stereocenters. The Balaban J connectivity index is 1.20. The van der Waals surface area contributed by atoms with E-state index in [2.05, 4.69) is 23.3 Å². The molecule has 0 spiro atoms. The fourth-order valence-corrected chi connectivity index (χ4v) is 6.83. The van der Waals surface area contributed by atoms with Crippen molar-refractivity contribution in [3.05, 3.63) is 30.0 Å². The average molecular weight is 573 g/mol. The number of carbonyl (C=O) groups is 1. The fraction of sp³-hybridized carbons (Fsp3) is 0.692. The highest BCUT2D eigenvalue weighted by molar-refractivity contribution is 7.90. The van der Waals surface area contributed by atoms with Crippen molar-refractivity contribution in [2.75, 3.05) is 32.9 Å². The summed E-state index contributed by atoms with van der Waals surface area (Å²) in [5.74, 6) is 0.214. The number of ether oxygens (including phenoxy) is 2. The highest BCUT2D eigenvalue weighted by Gasteiger charge is 2.49. The highest BCUT2D eigenvalue weighted by atomic mass is 32.2. The number of amides is 1. The Morgan fingerprint density at radius 2 is 1.95 bits per heavy atom. The van der Waals surface area contributed by atoms with Crippen molar-refractivity contribution in [2.24, 2.45) is 18.9 Å². The molecular formula is C26H35F3N4O5S. The van der Waals surface area contributed by atoms with Crippen molar-refractivity contribution >= 4 is 26.8 Å². The van der Waals surface area contributed by atoms with Crippen LogP contribution in [0.15, 0.2) is 24.4 Å². The molecule has 0 radical (unpaired) electrons. The number of nitrogens with zero attached hydrogens (tertiary/aromatic N) is 3. The predicted octanol–water partition coefficient (Wildman–Crippen LogP) is 3.31. The second-order valence-electron chi connectivity index (χ2n) is 11.0. The minimum atomic E-state index is -5.54. The molecule has 2 aliphatic heterocycles. The van der Waals surface area contributed by atoms with Crippen LogP contribution in [0, 0.1) is 11.8 Å². The van der Waals surface area contributed by atoms with Crippen molar-refractivity contribution in [1.29, 1.82) is 0 Å². The van der Waals surface area contributed by atoms with E-state index >= 15 is 0 Å². The van der Waals surface area contributed by atoms with Gasteiger partial charge in [0.25, 0.3) is 0 Å². The number of nitrogens with one attached hydrogen (secondary N) is 1. The first kappa shape index (κ1) is 28.3. The summed E-state index contributed by atoms with van der Waals surface area (Å²) >= 11 is 0. The Morgan fingerprint density at radius 1 is 1.18 bits per heavy atom. The summed E-state index contributed by atoms with van der Waals surface area (Å²) in [6, 6.07) is 5.35. The normalized spacial score (nSPS) is 28.7. The molecule has 0 bridgehead atoms. The van der Waals surface area contributed by atoms with Crippen molar-refractivity contribution in [3.8, 4) is 0 Å². The minimum absolute atomic E-state index is 0.0425. The third-order valence-corrected chi connectivity index (χ3v) is 9.62. The number of carbonyl (C=O) groups excluding carboxylic acids is 1. The van der Waals surface area contributed by atoms with Crippen LogP contribution in [0.5, 0.6) is 0 Å². The third-order valence-electron chi connectivity index (χ3n) is 8.40. The van der Waals surface area contributed by atoms with Gasteiger partial charge in [0, 0.05) is 38.7 Å². The molecule has 1 aromatic heterocycles. The summed E-state index contributed by atoms with van der Waals surface area (Å²) in [6.07, 6.45) is 5.34. The number of aromatic nitrogens is 2. The Kier molecular flexibility index (Phi) is 8.23. The smallest absolute Gasteiger partial charge is 0.381 e. The maximum atomic E-state index is 13.1. The molecule has 1 saturated carbocycles. The molecule has 39 heavy (non-hydrogen) atoms. The lowest BCUT2D eigenvalue weighted by Gasteiger charge is -2.40. The third kappa shape index (κ3) is 6.26. The molecule has 2 aromatic rings. The molecule has 1 amide bonds. The van der Waals surface area contributed by atoms with E-state index in [1.165, 1.54) is 5.56 Å². The first-order valence-electron chi connectivity index (χ1n) is 13.5. The molecule has 3 heterocycles. The van der Waals surface area contributed by atoms with Gasteiger partial charge in [0.15, 0.2) is 0 Å². The van der Waals surface area contributed by atoms with E-state index in [0.29, 0.717) is 32.2 Å². The maximum Gasteiger partial charge on any atom is 0.511 e. The monoisotopic (exact) mass is 572 g/mol. The molecule has 1 N–H and O–H groups in total. The van der Waals surface area contributed by atoms with E-state index in [0.717, 1.165) is 36.6 Å². The van der Waals surface area contributed by atoms with E-state index < -0.39 is 27.7 Å². The highest BCUT2D eigenvalue weighted by Crippen LogP contribution is 2.37. The van der Waals surface area contributed by atoms with Gasteiger partial charge in [-0.15, -0.1) is 0 Å². The maximum absolute atomic E-state index is 13.1. The lowest BCUT2D eigenvalue weighted by molar-refractivity contribution is -0.141. The van der Waals surface area contributed by atoms with Gasteiger partial charge in [-0.25, -0.2) is 13.1 Å². The van der Waals surface area contributed by atoms with Crippen LogP contribution in [0.4, 0.5) is 13.2 Å². The molecule has 216 valence electrons. The molecule has 9 nitrogen and oxygen atoms in total. The minimum Gasteiger partial charge on any atom is -0.381 e. The summed E-state index contributed by atoms with van der Waals surface area (Å²) in [5.41, 5.74) is -3.06. The van der Waals surface area contributed by atoms with Crippen LogP contribution in [-0.4, -0.2) is 79.6 Å². The zero-order valence-electron chi connectivity index (χ0n) is 21.9. The number of rotatable bonds is 7. The van der Waals surface area contributed by atoms with Gasteiger partial charge in [-0.1, -0.05) is 6.07 Å². The Hall–Kier alpha value is -2.22. The van der Waals surface area contributed by atoms with Crippen molar-refractivity contribution < 1.29 is 35.9 Å². The number of piperidine rings is 1. The Bertz CT molecular complexity index is 1270. The summed E-state index contributed by atoms with van der Waals surface area (Å²) in [4.78, 5) is 14.5. The van der Waals surface area contributed by atoms with Gasteiger partial charge in [-0.3, -0.25) is 9.48 Å². The molecular weight excluding hydrogens is 537 g/mol. The quantitative estimate of drug-likeness (QED) is 0.546. The lowest BCUT2D eigenvalue weighted by atomic mass is 9.79. The molecule has 1 aliphatic carbocycles. The number of alkyl halides is 3. The van der Waals surface area contributed by atoms with Gasteiger partial charge in [-0.2, -0.15) is 18.3 Å². The van der Waals surface area contributed by atoms with Crippen LogP contribution in [0.25, 0.3) is 10.9 Å². The predicted molar refractivity (Wildman–Crippen MR) is 137 cm³/mol. The molecule has 3 fully saturated rings. The summed E-state index contributed by atoms with van der Waals surface area (Å²) in [5, 5.41) is 5.41. The number of hydrogen-bond donors (Lipinski definition) is 1. The Morgan fingerprint density at radius 3 is 2.64 bits per heavy atom. The average Bonchev–Trinajstić information content (AvgIpc) is 3.57. The first-order chi connectivity index (χ1) is 18.5. The van der Waals surface area contributed by atoms with Crippen LogP contribution in [0.2, 0.25) is 0 Å². The number of sulfonamides is 1. The van der Waals surface area contributed by atoms with Gasteiger partial charge < -0.3 is 14.4 Å². The van der Waals surface area contributed by atoms with Crippen LogP contribution >= 0.6 is 0 Å². The van der Waals surface area contributed by atoms with Crippen LogP contribution in [0.3, 0.4) is 0 Å². The molecule has 13 heteroatoms. The topological polar surface area (TPSA) is 103 Å². The first-order valence-corrected chi connectivity index (χ1v) is 15.0. The lowest BCUT2D eigenvalue weighted by Crippen LogP contribution is -2.58. The number of aryl methyl sites for hydroxylation is 1. The van der Waals surface area contributed by atoms with Crippen LogP contribution in [-0.2, 0) is 31.3 Å². The summed E-state index contributed by atoms with van der Waals surface area (Å²) < 4.78 is 78.0. The van der Waals surface area contributed by atoms with Gasteiger partial charge in [0.2, 0.25) is 5.91 Å². The van der Waals surface area contributed by atoms with Gasteiger partial charge in [0.1, 0.15) is 0 Å². The van der Waals surface area contributed by atoms with Crippen LogP contribution < -0.4 is 4.72 Å². The largest absolute Gasteiger partial charge is 0.511 e. The molecule has 1 aromatic carbocycles. The zero-order chi connectivity index (χ0) is 27.8. The summed E-state index contributed by atoms with van der Waals surface area (Å²) in [6.45, 7) is 1.32. The number of hydrogen-bond acceptors (Lipinski definition) is 6. The van der Waals surface area contributed by atoms with E-state index in [9.17, 15) is 26.4 Å². The molecule has 2 saturated heterocycles. The molecule has 3 aliphatic rings. The summed E-state index contributed by atoms with van der Waals surface area (Å²) in [7, 11) is -3.63.